The van der Waals surface area contributed by atoms with E-state index in [-0.39, 0.29) is 5.41 Å². The van der Waals surface area contributed by atoms with Crippen LogP contribution in [0.5, 0.6) is 0 Å². The fourth-order valence-corrected chi connectivity index (χ4v) is 12.6. The molecule has 3 aromatic heterocycles. The fraction of sp³-hybridized carbons (Fsp3) is 0.196. The van der Waals surface area contributed by atoms with E-state index in [9.17, 15) is 0 Å². The highest BCUT2D eigenvalue weighted by Crippen LogP contribution is 2.69. The molecule has 0 N–H and O–H groups in total. The van der Waals surface area contributed by atoms with Gasteiger partial charge in [-0.2, -0.15) is 0 Å². The van der Waals surface area contributed by atoms with Gasteiger partial charge in [-0.05, 0) is 150 Å². The van der Waals surface area contributed by atoms with Crippen LogP contribution in [0.1, 0.15) is 43.2 Å². The summed E-state index contributed by atoms with van der Waals surface area (Å²) < 4.78 is 4.88. The molecule has 3 nitrogen and oxygen atoms in total. The van der Waals surface area contributed by atoms with Gasteiger partial charge in [-0.25, -0.2) is 0 Å². The van der Waals surface area contributed by atoms with E-state index in [2.05, 4.69) is 148 Å². The Bertz CT molecular complexity index is 2990. The standard InChI is InChI=1S/C51H39N3/c1-4-12-45-39(9-1)40-18-17-37(29-46(40)51(45)35-23-31-22-32(25-35)26-36(51)24-31)53-47-13-5-2-10-41(47)43-27-33(15-19-49(43)53)34-16-20-50-44(28-34)42-11-3-6-14-48(42)54(50)38-8-7-21-52-30-38/h1-21,27-32,35-36H,22-26H2. The Morgan fingerprint density at radius 1 is 0.444 bits per heavy atom. The molecule has 0 saturated heterocycles. The Kier molecular flexibility index (Phi) is 5.80. The molecule has 0 unspecified atom stereocenters. The van der Waals surface area contributed by atoms with Gasteiger partial charge in [-0.3, -0.25) is 4.98 Å². The van der Waals surface area contributed by atoms with Gasteiger partial charge in [0.1, 0.15) is 0 Å². The lowest BCUT2D eigenvalue weighted by atomic mass is 9.43. The number of aromatic nitrogens is 3. The van der Waals surface area contributed by atoms with Crippen LogP contribution >= 0.6 is 0 Å². The third-order valence-electron chi connectivity index (χ3n) is 14.4. The minimum atomic E-state index is 0.153. The number of fused-ring (bicyclic) bond motifs is 9. The Labute approximate surface area is 314 Å². The second kappa shape index (κ2) is 10.6. The summed E-state index contributed by atoms with van der Waals surface area (Å²) in [4.78, 5) is 4.44. The van der Waals surface area contributed by atoms with Gasteiger partial charge in [0, 0.05) is 38.8 Å². The average Bonchev–Trinajstić information content (AvgIpc) is 3.83. The highest BCUT2D eigenvalue weighted by atomic mass is 15.0. The molecule has 3 heterocycles. The van der Waals surface area contributed by atoms with Gasteiger partial charge >= 0.3 is 0 Å². The molecule has 54 heavy (non-hydrogen) atoms. The highest BCUT2D eigenvalue weighted by molar-refractivity contribution is 6.12. The van der Waals surface area contributed by atoms with Crippen molar-refractivity contribution in [3.63, 3.8) is 0 Å². The molecule has 1 spiro atoms. The smallest absolute Gasteiger partial charge is 0.0645 e. The minimum Gasteiger partial charge on any atom is -0.309 e. The zero-order chi connectivity index (χ0) is 35.1. The number of rotatable bonds is 3. The third-order valence-corrected chi connectivity index (χ3v) is 14.4. The maximum Gasteiger partial charge on any atom is 0.0645 e. The van der Waals surface area contributed by atoms with Crippen molar-refractivity contribution >= 4 is 43.6 Å². The topological polar surface area (TPSA) is 22.8 Å². The van der Waals surface area contributed by atoms with Gasteiger partial charge in [-0.15, -0.1) is 0 Å². The number of pyridine rings is 1. The van der Waals surface area contributed by atoms with Crippen LogP contribution in [0.15, 0.2) is 152 Å². The molecule has 5 aliphatic rings. The van der Waals surface area contributed by atoms with Crippen LogP contribution in [0.25, 0.3) is 77.2 Å². The first-order valence-electron chi connectivity index (χ1n) is 20.0. The van der Waals surface area contributed by atoms with Crippen molar-refractivity contribution in [1.29, 1.82) is 0 Å². The molecule has 0 amide bonds. The quantitative estimate of drug-likeness (QED) is 0.181. The minimum absolute atomic E-state index is 0.153. The second-order valence-corrected chi connectivity index (χ2v) is 16.8. The molecule has 4 saturated carbocycles. The number of hydrogen-bond donors (Lipinski definition) is 0. The van der Waals surface area contributed by atoms with Gasteiger partial charge in [0.2, 0.25) is 0 Å². The summed E-state index contributed by atoms with van der Waals surface area (Å²) in [5, 5.41) is 5.12. The van der Waals surface area contributed by atoms with E-state index in [1.165, 1.54) is 104 Å². The van der Waals surface area contributed by atoms with Crippen molar-refractivity contribution in [2.75, 3.05) is 0 Å². The van der Waals surface area contributed by atoms with Crippen LogP contribution in [-0.2, 0) is 5.41 Å². The molecule has 0 aliphatic heterocycles. The first kappa shape index (κ1) is 29.5. The lowest BCUT2D eigenvalue weighted by molar-refractivity contribution is -0.0399. The third kappa shape index (κ3) is 3.75. The van der Waals surface area contributed by atoms with Crippen LogP contribution in [-0.4, -0.2) is 14.1 Å². The van der Waals surface area contributed by atoms with Crippen molar-refractivity contribution in [3.8, 4) is 33.6 Å². The first-order chi connectivity index (χ1) is 26.7. The van der Waals surface area contributed by atoms with Crippen molar-refractivity contribution < 1.29 is 0 Å². The summed E-state index contributed by atoms with van der Waals surface area (Å²) in [7, 11) is 0. The number of hydrogen-bond acceptors (Lipinski definition) is 1. The summed E-state index contributed by atoms with van der Waals surface area (Å²) in [6.07, 6.45) is 10.9. The van der Waals surface area contributed by atoms with Crippen molar-refractivity contribution in [2.24, 2.45) is 23.7 Å². The zero-order valence-corrected chi connectivity index (χ0v) is 30.1. The summed E-state index contributed by atoms with van der Waals surface area (Å²) >= 11 is 0. The van der Waals surface area contributed by atoms with E-state index in [4.69, 9.17) is 0 Å². The van der Waals surface area contributed by atoms with Crippen LogP contribution < -0.4 is 0 Å². The molecular weight excluding hydrogens is 655 g/mol. The normalized spacial score (nSPS) is 23.6. The fourth-order valence-electron chi connectivity index (χ4n) is 12.6. The van der Waals surface area contributed by atoms with Gasteiger partial charge in [0.25, 0.3) is 0 Å². The van der Waals surface area contributed by atoms with Crippen molar-refractivity contribution in [3.05, 3.63) is 163 Å². The summed E-state index contributed by atoms with van der Waals surface area (Å²) in [5.41, 5.74) is 16.1. The molecule has 9 aromatic rings. The van der Waals surface area contributed by atoms with Crippen molar-refractivity contribution in [1.82, 2.24) is 14.1 Å². The molecule has 0 radical (unpaired) electrons. The largest absolute Gasteiger partial charge is 0.309 e. The lowest BCUT2D eigenvalue weighted by Crippen LogP contribution is -2.55. The molecule has 14 rings (SSSR count). The molecule has 0 atom stereocenters. The Morgan fingerprint density at radius 2 is 1.02 bits per heavy atom. The highest BCUT2D eigenvalue weighted by Gasteiger charge is 2.61. The van der Waals surface area contributed by atoms with Gasteiger partial charge < -0.3 is 9.13 Å². The Morgan fingerprint density at radius 3 is 1.67 bits per heavy atom. The molecule has 258 valence electrons. The van der Waals surface area contributed by atoms with Crippen molar-refractivity contribution in [2.45, 2.75) is 37.5 Å². The monoisotopic (exact) mass is 693 g/mol. The summed E-state index contributed by atoms with van der Waals surface area (Å²) in [6.45, 7) is 0. The predicted molar refractivity (Wildman–Crippen MR) is 222 cm³/mol. The Balaban J connectivity index is 0.987. The number of nitrogens with zero attached hydrogens (tertiary/aromatic N) is 3. The van der Waals surface area contributed by atoms with E-state index < -0.39 is 0 Å². The van der Waals surface area contributed by atoms with E-state index in [0.717, 1.165) is 29.4 Å². The maximum absolute atomic E-state index is 4.44. The van der Waals surface area contributed by atoms with Gasteiger partial charge in [0.05, 0.1) is 34.0 Å². The number of para-hydroxylation sites is 2. The van der Waals surface area contributed by atoms with Crippen LogP contribution in [0.4, 0.5) is 0 Å². The van der Waals surface area contributed by atoms with E-state index in [1.54, 1.807) is 11.1 Å². The van der Waals surface area contributed by atoms with Crippen LogP contribution in [0, 0.1) is 23.7 Å². The molecule has 5 aliphatic carbocycles. The number of benzene rings is 6. The second-order valence-electron chi connectivity index (χ2n) is 16.8. The molecular formula is C51H39N3. The summed E-state index contributed by atoms with van der Waals surface area (Å²) in [6, 6.07) is 52.9. The maximum atomic E-state index is 4.44. The molecule has 4 fully saturated rings. The molecule has 6 aromatic carbocycles. The predicted octanol–water partition coefficient (Wildman–Crippen LogP) is 12.7. The summed E-state index contributed by atoms with van der Waals surface area (Å²) in [5.74, 6) is 3.37. The van der Waals surface area contributed by atoms with E-state index in [0.29, 0.717) is 0 Å². The zero-order valence-electron chi connectivity index (χ0n) is 30.1. The molecule has 3 heteroatoms. The van der Waals surface area contributed by atoms with Gasteiger partial charge in [-0.1, -0.05) is 78.9 Å². The van der Waals surface area contributed by atoms with Crippen LogP contribution in [0.3, 0.4) is 0 Å². The lowest BCUT2D eigenvalue weighted by Gasteiger charge is -2.61. The average molecular weight is 694 g/mol. The van der Waals surface area contributed by atoms with Crippen LogP contribution in [0.2, 0.25) is 0 Å². The first-order valence-corrected chi connectivity index (χ1v) is 20.0. The Hall–Kier alpha value is -5.93. The van der Waals surface area contributed by atoms with E-state index in [1.807, 2.05) is 18.5 Å². The van der Waals surface area contributed by atoms with E-state index >= 15 is 0 Å². The van der Waals surface area contributed by atoms with Gasteiger partial charge in [0.15, 0.2) is 0 Å². The SMILES string of the molecule is c1cncc(-n2c3ccccc3c3cc(-c4ccc5c(c4)c4ccccc4n5-c4ccc5c(c4)C4(c6ccccc6-5)C5CC6CC(C5)CC4C6)ccc32)c1. The molecule has 4 bridgehead atoms.